The topological polar surface area (TPSA) is 61.1 Å². The van der Waals surface area contributed by atoms with Gasteiger partial charge in [-0.05, 0) is 24.8 Å². The van der Waals surface area contributed by atoms with E-state index in [1.807, 2.05) is 31.5 Å². The Kier molecular flexibility index (Phi) is 4.64. The molecule has 1 aromatic heterocycles. The summed E-state index contributed by atoms with van der Waals surface area (Å²) in [4.78, 5) is 8.38. The SMILES string of the molecule is CSC(=NC(C)c1cccnc1)NC#N. The summed E-state index contributed by atoms with van der Waals surface area (Å²) < 4.78 is 0. The molecule has 0 spiro atoms. The Labute approximate surface area is 93.4 Å². The van der Waals surface area contributed by atoms with Crippen LogP contribution in [0.25, 0.3) is 0 Å². The van der Waals surface area contributed by atoms with Gasteiger partial charge in [0.1, 0.15) is 0 Å². The van der Waals surface area contributed by atoms with Crippen molar-refractivity contribution in [1.29, 1.82) is 5.26 Å². The van der Waals surface area contributed by atoms with E-state index in [1.165, 1.54) is 11.8 Å². The van der Waals surface area contributed by atoms with E-state index in [9.17, 15) is 0 Å². The highest BCUT2D eigenvalue weighted by Gasteiger charge is 2.04. The number of nitrogens with zero attached hydrogens (tertiary/aromatic N) is 3. The van der Waals surface area contributed by atoms with Crippen molar-refractivity contribution < 1.29 is 0 Å². The lowest BCUT2D eigenvalue weighted by Gasteiger charge is -2.07. The summed E-state index contributed by atoms with van der Waals surface area (Å²) in [5.74, 6) is 0. The molecule has 0 aliphatic heterocycles. The second-order valence-corrected chi connectivity index (χ2v) is 3.63. The fourth-order valence-corrected chi connectivity index (χ4v) is 1.47. The molecule has 0 amide bonds. The van der Waals surface area contributed by atoms with Gasteiger partial charge < -0.3 is 0 Å². The molecule has 0 aliphatic rings. The Morgan fingerprint density at radius 3 is 3.07 bits per heavy atom. The van der Waals surface area contributed by atoms with Gasteiger partial charge >= 0.3 is 0 Å². The molecule has 1 atom stereocenters. The van der Waals surface area contributed by atoms with Crippen molar-refractivity contribution in [2.45, 2.75) is 13.0 Å². The largest absolute Gasteiger partial charge is 0.272 e. The first-order valence-electron chi connectivity index (χ1n) is 4.44. The third-order valence-electron chi connectivity index (χ3n) is 1.83. The van der Waals surface area contributed by atoms with Crippen LogP contribution in [-0.2, 0) is 0 Å². The summed E-state index contributed by atoms with van der Waals surface area (Å²) in [6.07, 6.45) is 7.23. The molecule has 0 saturated carbocycles. The lowest BCUT2D eigenvalue weighted by atomic mass is 10.2. The van der Waals surface area contributed by atoms with Crippen molar-refractivity contribution in [3.05, 3.63) is 30.1 Å². The molecule has 4 nitrogen and oxygen atoms in total. The van der Waals surface area contributed by atoms with Gasteiger partial charge in [0.25, 0.3) is 0 Å². The maximum Gasteiger partial charge on any atom is 0.183 e. The minimum Gasteiger partial charge on any atom is -0.272 e. The van der Waals surface area contributed by atoms with E-state index >= 15 is 0 Å². The molecule has 1 N–H and O–H groups in total. The first-order valence-corrected chi connectivity index (χ1v) is 5.67. The van der Waals surface area contributed by atoms with Crippen LogP contribution in [0.4, 0.5) is 0 Å². The number of pyridine rings is 1. The first kappa shape index (κ1) is 11.5. The van der Waals surface area contributed by atoms with Crippen LogP contribution in [0.1, 0.15) is 18.5 Å². The first-order chi connectivity index (χ1) is 7.27. The maximum absolute atomic E-state index is 8.48. The molecule has 0 bridgehead atoms. The van der Waals surface area contributed by atoms with E-state index in [0.29, 0.717) is 5.17 Å². The molecule has 0 radical (unpaired) electrons. The van der Waals surface area contributed by atoms with Crippen molar-refractivity contribution in [2.24, 2.45) is 4.99 Å². The highest BCUT2D eigenvalue weighted by molar-refractivity contribution is 8.13. The lowest BCUT2D eigenvalue weighted by molar-refractivity contribution is 0.812. The molecular formula is C10H12N4S. The Morgan fingerprint density at radius 2 is 2.53 bits per heavy atom. The number of hydrogen-bond acceptors (Lipinski definition) is 4. The van der Waals surface area contributed by atoms with Crippen LogP contribution >= 0.6 is 11.8 Å². The Bertz CT molecular complexity index is 369. The molecule has 15 heavy (non-hydrogen) atoms. The molecule has 0 saturated heterocycles. The molecule has 0 aliphatic carbocycles. The van der Waals surface area contributed by atoms with E-state index in [4.69, 9.17) is 5.26 Å². The van der Waals surface area contributed by atoms with E-state index < -0.39 is 0 Å². The molecule has 78 valence electrons. The summed E-state index contributed by atoms with van der Waals surface area (Å²) in [5, 5.41) is 11.6. The van der Waals surface area contributed by atoms with E-state index in [2.05, 4.69) is 15.3 Å². The number of aliphatic imine (C=N–C) groups is 1. The third kappa shape index (κ3) is 3.60. The van der Waals surface area contributed by atoms with Gasteiger partial charge in [-0.3, -0.25) is 15.3 Å². The van der Waals surface area contributed by atoms with Gasteiger partial charge in [0.2, 0.25) is 0 Å². The quantitative estimate of drug-likeness (QED) is 0.358. The second kappa shape index (κ2) is 6.04. The van der Waals surface area contributed by atoms with Crippen molar-refractivity contribution in [3.63, 3.8) is 0 Å². The molecule has 1 heterocycles. The monoisotopic (exact) mass is 220 g/mol. The van der Waals surface area contributed by atoms with Gasteiger partial charge in [0.15, 0.2) is 11.4 Å². The highest BCUT2D eigenvalue weighted by atomic mass is 32.2. The molecule has 0 fully saturated rings. The summed E-state index contributed by atoms with van der Waals surface area (Å²) in [6, 6.07) is 3.84. The summed E-state index contributed by atoms with van der Waals surface area (Å²) in [5.41, 5.74) is 1.03. The maximum atomic E-state index is 8.48. The number of aromatic nitrogens is 1. The standard InChI is InChI=1S/C10H12N4S/c1-8(9-4-3-5-12-6-9)14-10(15-2)13-7-11/h3-6,8H,1-2H3,(H,13,14). The smallest absolute Gasteiger partial charge is 0.183 e. The number of thioether (sulfide) groups is 1. The molecule has 1 aromatic rings. The molecule has 1 unspecified atom stereocenters. The molecule has 0 aromatic carbocycles. The van der Waals surface area contributed by atoms with Crippen LogP contribution in [0.5, 0.6) is 0 Å². The summed E-state index contributed by atoms with van der Waals surface area (Å²) >= 11 is 1.41. The molecular weight excluding hydrogens is 208 g/mol. The number of nitrogens with one attached hydrogen (secondary N) is 1. The number of rotatable bonds is 2. The van der Waals surface area contributed by atoms with Crippen LogP contribution in [0, 0.1) is 11.5 Å². The van der Waals surface area contributed by atoms with Crippen LogP contribution in [0.15, 0.2) is 29.5 Å². The van der Waals surface area contributed by atoms with Crippen molar-refractivity contribution in [3.8, 4) is 6.19 Å². The summed E-state index contributed by atoms with van der Waals surface area (Å²) in [7, 11) is 0. The average Bonchev–Trinajstić information content (AvgIpc) is 2.29. The van der Waals surface area contributed by atoms with E-state index in [0.717, 1.165) is 5.56 Å². The van der Waals surface area contributed by atoms with Gasteiger partial charge in [0, 0.05) is 12.4 Å². The van der Waals surface area contributed by atoms with Gasteiger partial charge in [0.05, 0.1) is 6.04 Å². The fraction of sp³-hybridized carbons (Fsp3) is 0.300. The molecule has 1 rings (SSSR count). The van der Waals surface area contributed by atoms with Gasteiger partial charge in [-0.1, -0.05) is 17.8 Å². The molecule has 5 heteroatoms. The Morgan fingerprint density at radius 1 is 1.73 bits per heavy atom. The van der Waals surface area contributed by atoms with E-state index in [-0.39, 0.29) is 6.04 Å². The van der Waals surface area contributed by atoms with Crippen LogP contribution in [0.2, 0.25) is 0 Å². The van der Waals surface area contributed by atoms with Crippen LogP contribution in [-0.4, -0.2) is 16.4 Å². The second-order valence-electron chi connectivity index (χ2n) is 2.84. The number of amidine groups is 1. The zero-order valence-electron chi connectivity index (χ0n) is 8.64. The van der Waals surface area contributed by atoms with Crippen LogP contribution < -0.4 is 5.32 Å². The predicted octanol–water partition coefficient (Wildman–Crippen LogP) is 1.93. The third-order valence-corrected chi connectivity index (χ3v) is 2.43. The van der Waals surface area contributed by atoms with E-state index in [1.54, 1.807) is 12.4 Å². The lowest BCUT2D eigenvalue weighted by Crippen LogP contribution is -2.14. The minimum absolute atomic E-state index is 0.00185. The zero-order chi connectivity index (χ0) is 11.1. The zero-order valence-corrected chi connectivity index (χ0v) is 9.45. The van der Waals surface area contributed by atoms with Gasteiger partial charge in [-0.15, -0.1) is 0 Å². The van der Waals surface area contributed by atoms with Crippen molar-refractivity contribution >= 4 is 16.9 Å². The van der Waals surface area contributed by atoms with Crippen molar-refractivity contribution in [1.82, 2.24) is 10.3 Å². The minimum atomic E-state index is 0.00185. The average molecular weight is 220 g/mol. The van der Waals surface area contributed by atoms with Gasteiger partial charge in [-0.2, -0.15) is 5.26 Å². The van der Waals surface area contributed by atoms with Crippen molar-refractivity contribution in [2.75, 3.05) is 6.26 Å². The summed E-state index contributed by atoms with van der Waals surface area (Å²) in [6.45, 7) is 1.96. The Balaban J connectivity index is 2.77. The van der Waals surface area contributed by atoms with Crippen LogP contribution in [0.3, 0.4) is 0 Å². The number of hydrogen-bond donors (Lipinski definition) is 1. The highest BCUT2D eigenvalue weighted by Crippen LogP contribution is 2.16. The van der Waals surface area contributed by atoms with Gasteiger partial charge in [-0.25, -0.2) is 0 Å². The normalized spacial score (nSPS) is 13.0. The number of nitriles is 1. The predicted molar refractivity (Wildman–Crippen MR) is 62.4 cm³/mol. The Hall–Kier alpha value is -1.54. The fourth-order valence-electron chi connectivity index (χ4n) is 1.06.